The van der Waals surface area contributed by atoms with E-state index in [1.807, 2.05) is 19.1 Å². The first-order chi connectivity index (χ1) is 16.6. The van der Waals surface area contributed by atoms with Gasteiger partial charge >= 0.3 is 11.6 Å². The summed E-state index contributed by atoms with van der Waals surface area (Å²) in [4.78, 5) is 25.6. The minimum absolute atomic E-state index is 0.00795. The molecule has 0 unspecified atom stereocenters. The number of carbonyl (C=O) groups excluding carboxylic acids is 1. The lowest BCUT2D eigenvalue weighted by molar-refractivity contribution is 0.0735. The topological polar surface area (TPSA) is 75.0 Å². The van der Waals surface area contributed by atoms with Crippen LogP contribution in [0, 0.1) is 6.92 Å². The van der Waals surface area contributed by atoms with Crippen LogP contribution in [0.5, 0.6) is 17.2 Å². The van der Waals surface area contributed by atoms with Crippen LogP contribution in [0.2, 0.25) is 0 Å². The molecule has 3 aromatic carbocycles. The van der Waals surface area contributed by atoms with Crippen molar-refractivity contribution in [3.8, 4) is 28.4 Å². The van der Waals surface area contributed by atoms with Gasteiger partial charge in [0.15, 0.2) is 11.5 Å². The minimum Gasteiger partial charge on any atom is -0.493 e. The number of fused-ring (bicyclic) bond motifs is 1. The maximum absolute atomic E-state index is 12.9. The van der Waals surface area contributed by atoms with Crippen LogP contribution in [0.1, 0.15) is 42.3 Å². The van der Waals surface area contributed by atoms with E-state index in [1.54, 1.807) is 62.8 Å². The summed E-state index contributed by atoms with van der Waals surface area (Å²) in [6.45, 7) is 8.19. The molecule has 1 aromatic heterocycles. The molecule has 0 amide bonds. The van der Waals surface area contributed by atoms with E-state index in [-0.39, 0.29) is 5.41 Å². The van der Waals surface area contributed by atoms with Gasteiger partial charge in [0.1, 0.15) is 11.3 Å². The van der Waals surface area contributed by atoms with Gasteiger partial charge in [-0.25, -0.2) is 9.59 Å². The van der Waals surface area contributed by atoms with Crippen molar-refractivity contribution < 1.29 is 23.4 Å². The van der Waals surface area contributed by atoms with Crippen LogP contribution < -0.4 is 19.8 Å². The SMILES string of the molecule is COc1ccc(-c2c(C)c3ccc(OC(=O)c4ccc(C(C)(C)C)cc4)cc3oc2=O)cc1OC. The van der Waals surface area contributed by atoms with Gasteiger partial charge < -0.3 is 18.6 Å². The van der Waals surface area contributed by atoms with Crippen LogP contribution in [-0.2, 0) is 5.41 Å². The number of aryl methyl sites for hydroxylation is 1. The summed E-state index contributed by atoms with van der Waals surface area (Å²) in [5.41, 5.74) is 3.24. The largest absolute Gasteiger partial charge is 0.493 e. The van der Waals surface area contributed by atoms with Crippen LogP contribution in [-0.4, -0.2) is 20.2 Å². The number of carbonyl (C=O) groups is 1. The molecule has 0 bridgehead atoms. The highest BCUT2D eigenvalue weighted by Gasteiger charge is 2.18. The summed E-state index contributed by atoms with van der Waals surface area (Å²) in [5.74, 6) is 0.898. The zero-order valence-electron chi connectivity index (χ0n) is 20.7. The van der Waals surface area contributed by atoms with Gasteiger partial charge in [-0.3, -0.25) is 0 Å². The van der Waals surface area contributed by atoms with Gasteiger partial charge in [0.2, 0.25) is 0 Å². The van der Waals surface area contributed by atoms with E-state index in [2.05, 4.69) is 20.8 Å². The molecular formula is C29H28O6. The molecule has 0 atom stereocenters. The van der Waals surface area contributed by atoms with Crippen molar-refractivity contribution in [1.82, 2.24) is 0 Å². The lowest BCUT2D eigenvalue weighted by Gasteiger charge is -2.18. The Balaban J connectivity index is 1.66. The van der Waals surface area contributed by atoms with Gasteiger partial charge in [0, 0.05) is 11.5 Å². The molecule has 0 radical (unpaired) electrons. The average molecular weight is 473 g/mol. The van der Waals surface area contributed by atoms with Gasteiger partial charge in [0.25, 0.3) is 0 Å². The molecule has 0 spiro atoms. The second-order valence-electron chi connectivity index (χ2n) is 9.33. The molecule has 0 fully saturated rings. The van der Waals surface area contributed by atoms with Gasteiger partial charge in [-0.2, -0.15) is 0 Å². The molecule has 35 heavy (non-hydrogen) atoms. The minimum atomic E-state index is -0.497. The number of methoxy groups -OCH3 is 2. The van der Waals surface area contributed by atoms with Crippen molar-refractivity contribution in [1.29, 1.82) is 0 Å². The van der Waals surface area contributed by atoms with Crippen LogP contribution >= 0.6 is 0 Å². The summed E-state index contributed by atoms with van der Waals surface area (Å²) in [6, 6.07) is 17.7. The number of rotatable bonds is 5. The summed E-state index contributed by atoms with van der Waals surface area (Å²) in [6.07, 6.45) is 0. The Kier molecular flexibility index (Phi) is 6.39. The highest BCUT2D eigenvalue weighted by Crippen LogP contribution is 2.34. The van der Waals surface area contributed by atoms with Crippen LogP contribution in [0.4, 0.5) is 0 Å². The predicted molar refractivity (Wildman–Crippen MR) is 136 cm³/mol. The monoisotopic (exact) mass is 472 g/mol. The van der Waals surface area contributed by atoms with E-state index in [9.17, 15) is 9.59 Å². The van der Waals surface area contributed by atoms with E-state index in [0.717, 1.165) is 16.5 Å². The van der Waals surface area contributed by atoms with Crippen molar-refractivity contribution in [2.45, 2.75) is 33.1 Å². The Hall–Kier alpha value is -4.06. The van der Waals surface area contributed by atoms with Crippen LogP contribution in [0.15, 0.2) is 69.9 Å². The van der Waals surface area contributed by atoms with Gasteiger partial charge in [-0.05, 0) is 65.4 Å². The summed E-state index contributed by atoms with van der Waals surface area (Å²) in [7, 11) is 3.09. The van der Waals surface area contributed by atoms with Crippen LogP contribution in [0.25, 0.3) is 22.1 Å². The summed E-state index contributed by atoms with van der Waals surface area (Å²) >= 11 is 0. The van der Waals surface area contributed by atoms with E-state index in [0.29, 0.717) is 39.5 Å². The Bertz CT molecular complexity index is 1460. The third kappa shape index (κ3) is 4.78. The fourth-order valence-corrected chi connectivity index (χ4v) is 4.00. The molecule has 180 valence electrons. The van der Waals surface area contributed by atoms with E-state index < -0.39 is 11.6 Å². The average Bonchev–Trinajstić information content (AvgIpc) is 2.83. The third-order valence-corrected chi connectivity index (χ3v) is 6.01. The first-order valence-corrected chi connectivity index (χ1v) is 11.2. The highest BCUT2D eigenvalue weighted by atomic mass is 16.5. The van der Waals surface area contributed by atoms with E-state index >= 15 is 0 Å². The first-order valence-electron chi connectivity index (χ1n) is 11.2. The molecule has 6 heteroatoms. The molecule has 0 aliphatic rings. The lowest BCUT2D eigenvalue weighted by Crippen LogP contribution is -2.13. The second kappa shape index (κ2) is 9.29. The zero-order chi connectivity index (χ0) is 25.3. The van der Waals surface area contributed by atoms with Gasteiger partial charge in [-0.1, -0.05) is 39.0 Å². The van der Waals surface area contributed by atoms with Crippen LogP contribution in [0.3, 0.4) is 0 Å². The smallest absolute Gasteiger partial charge is 0.344 e. The quantitative estimate of drug-likeness (QED) is 0.193. The van der Waals surface area contributed by atoms with Crippen molar-refractivity contribution in [3.63, 3.8) is 0 Å². The molecule has 0 aliphatic carbocycles. The fourth-order valence-electron chi connectivity index (χ4n) is 4.00. The van der Waals surface area contributed by atoms with Gasteiger partial charge in [0.05, 0.1) is 25.3 Å². The molecular weight excluding hydrogens is 444 g/mol. The standard InChI is InChI=1S/C29H28O6/c1-17-22-13-12-21(34-27(30)18-7-10-20(11-8-18)29(2,3)4)16-24(22)35-28(31)26(17)19-9-14-23(32-5)25(15-19)33-6/h7-16H,1-6H3. The van der Waals surface area contributed by atoms with Crippen molar-refractivity contribution in [3.05, 3.63) is 87.8 Å². The Morgan fingerprint density at radius 3 is 2.17 bits per heavy atom. The fraction of sp³-hybridized carbons (Fsp3) is 0.241. The molecule has 0 saturated heterocycles. The number of hydrogen-bond acceptors (Lipinski definition) is 6. The Morgan fingerprint density at radius 2 is 1.54 bits per heavy atom. The normalized spacial score (nSPS) is 11.4. The number of hydrogen-bond donors (Lipinski definition) is 0. The maximum Gasteiger partial charge on any atom is 0.344 e. The van der Waals surface area contributed by atoms with Crippen molar-refractivity contribution >= 4 is 16.9 Å². The molecule has 0 saturated carbocycles. The highest BCUT2D eigenvalue weighted by molar-refractivity contribution is 5.92. The number of benzene rings is 3. The van der Waals surface area contributed by atoms with E-state index in [1.165, 1.54) is 0 Å². The molecule has 0 N–H and O–H groups in total. The summed E-state index contributed by atoms with van der Waals surface area (Å²) in [5, 5.41) is 0.740. The zero-order valence-corrected chi connectivity index (χ0v) is 20.7. The molecule has 4 rings (SSSR count). The number of esters is 1. The Morgan fingerprint density at radius 1 is 0.857 bits per heavy atom. The molecule has 1 heterocycles. The summed E-state index contributed by atoms with van der Waals surface area (Å²) < 4.78 is 21.8. The van der Waals surface area contributed by atoms with E-state index in [4.69, 9.17) is 18.6 Å². The second-order valence-corrected chi connectivity index (χ2v) is 9.33. The maximum atomic E-state index is 12.9. The molecule has 4 aromatic rings. The number of ether oxygens (including phenoxy) is 3. The van der Waals surface area contributed by atoms with Gasteiger partial charge in [-0.15, -0.1) is 0 Å². The Labute approximate surface area is 204 Å². The first kappa shape index (κ1) is 24.1. The predicted octanol–water partition coefficient (Wildman–Crippen LogP) is 6.30. The molecule has 0 aliphatic heterocycles. The van der Waals surface area contributed by atoms with Crippen molar-refractivity contribution in [2.24, 2.45) is 0 Å². The lowest BCUT2D eigenvalue weighted by atomic mass is 9.87. The van der Waals surface area contributed by atoms with Crippen molar-refractivity contribution in [2.75, 3.05) is 14.2 Å². The third-order valence-electron chi connectivity index (χ3n) is 6.01. The molecule has 6 nitrogen and oxygen atoms in total.